The molecule has 1 aromatic carbocycles. The largest absolute Gasteiger partial charge is 0.480 e. The molecule has 0 amide bonds. The van der Waals surface area contributed by atoms with E-state index in [2.05, 4.69) is 0 Å². The Hall–Kier alpha value is -1.10. The van der Waals surface area contributed by atoms with Crippen LogP contribution in [0.2, 0.25) is 5.02 Å². The number of likely N-dealkylation sites (N-methyl/N-ethyl adjacent to an activating group) is 1. The van der Waals surface area contributed by atoms with E-state index in [0.29, 0.717) is 11.6 Å². The van der Waals surface area contributed by atoms with Crippen LogP contribution in [-0.4, -0.2) is 42.8 Å². The van der Waals surface area contributed by atoms with Crippen molar-refractivity contribution in [1.29, 1.82) is 0 Å². The molecule has 1 N–H and O–H groups in total. The number of hydrogen-bond donors (Lipinski definition) is 1. The Morgan fingerprint density at radius 2 is 2.29 bits per heavy atom. The van der Waals surface area contributed by atoms with Crippen LogP contribution in [0.5, 0.6) is 0 Å². The van der Waals surface area contributed by atoms with E-state index in [1.54, 1.807) is 18.0 Å². The lowest BCUT2D eigenvalue weighted by Crippen LogP contribution is -2.41. The number of nitrogens with zero attached hydrogens (tertiary/aromatic N) is 1. The van der Waals surface area contributed by atoms with Gasteiger partial charge in [0.2, 0.25) is 0 Å². The van der Waals surface area contributed by atoms with Gasteiger partial charge in [-0.1, -0.05) is 23.7 Å². The third-order valence-electron chi connectivity index (χ3n) is 2.46. The molecule has 94 valence electrons. The maximum Gasteiger partial charge on any atom is 0.323 e. The summed E-state index contributed by atoms with van der Waals surface area (Å²) in [7, 11) is 3.24. The van der Waals surface area contributed by atoms with Gasteiger partial charge in [0.05, 0.1) is 6.61 Å². The Kier molecular flexibility index (Phi) is 5.41. The van der Waals surface area contributed by atoms with E-state index in [0.717, 1.165) is 5.56 Å². The fourth-order valence-corrected chi connectivity index (χ4v) is 1.79. The summed E-state index contributed by atoms with van der Waals surface area (Å²) in [5.74, 6) is -0.892. The summed E-state index contributed by atoms with van der Waals surface area (Å²) in [6, 6.07) is 6.71. The summed E-state index contributed by atoms with van der Waals surface area (Å²) in [6.45, 7) is 0.674. The van der Waals surface area contributed by atoms with Gasteiger partial charge in [-0.2, -0.15) is 0 Å². The van der Waals surface area contributed by atoms with Crippen LogP contribution in [0.1, 0.15) is 5.56 Å². The molecule has 1 rings (SSSR count). The molecule has 0 aromatic heterocycles. The predicted molar refractivity (Wildman–Crippen MR) is 66.2 cm³/mol. The zero-order chi connectivity index (χ0) is 12.8. The molecule has 0 saturated heterocycles. The van der Waals surface area contributed by atoms with Crippen LogP contribution in [-0.2, 0) is 16.1 Å². The van der Waals surface area contributed by atoms with Crippen LogP contribution in [0, 0.1) is 0 Å². The lowest BCUT2D eigenvalue weighted by Gasteiger charge is -2.23. The molecule has 4 nitrogen and oxygen atoms in total. The van der Waals surface area contributed by atoms with Crippen molar-refractivity contribution in [3.05, 3.63) is 34.9 Å². The van der Waals surface area contributed by atoms with E-state index in [9.17, 15) is 4.79 Å². The highest BCUT2D eigenvalue weighted by Crippen LogP contribution is 2.13. The average molecular weight is 258 g/mol. The highest BCUT2D eigenvalue weighted by Gasteiger charge is 2.22. The Balaban J connectivity index is 2.69. The van der Waals surface area contributed by atoms with Crippen molar-refractivity contribution < 1.29 is 14.6 Å². The topological polar surface area (TPSA) is 49.8 Å². The Morgan fingerprint density at radius 1 is 1.59 bits per heavy atom. The van der Waals surface area contributed by atoms with E-state index < -0.39 is 12.0 Å². The molecule has 1 aromatic rings. The second-order valence-corrected chi connectivity index (χ2v) is 4.29. The van der Waals surface area contributed by atoms with E-state index in [-0.39, 0.29) is 6.61 Å². The zero-order valence-electron chi connectivity index (χ0n) is 9.89. The zero-order valence-corrected chi connectivity index (χ0v) is 10.6. The number of hydrogen-bond acceptors (Lipinski definition) is 3. The van der Waals surface area contributed by atoms with Gasteiger partial charge in [-0.15, -0.1) is 0 Å². The van der Waals surface area contributed by atoms with Crippen LogP contribution < -0.4 is 0 Å². The number of aliphatic carboxylic acids is 1. The number of ether oxygens (including phenoxy) is 1. The summed E-state index contributed by atoms with van der Waals surface area (Å²) in [5.41, 5.74) is 0.974. The van der Waals surface area contributed by atoms with Gasteiger partial charge in [-0.3, -0.25) is 9.69 Å². The van der Waals surface area contributed by atoms with E-state index in [1.165, 1.54) is 7.11 Å². The van der Waals surface area contributed by atoms with Gasteiger partial charge < -0.3 is 9.84 Å². The molecule has 0 spiro atoms. The van der Waals surface area contributed by atoms with Gasteiger partial charge in [0.25, 0.3) is 0 Å². The molecule has 0 fully saturated rings. The van der Waals surface area contributed by atoms with Gasteiger partial charge in [-0.05, 0) is 24.7 Å². The minimum absolute atomic E-state index is 0.159. The summed E-state index contributed by atoms with van der Waals surface area (Å²) in [4.78, 5) is 12.8. The van der Waals surface area contributed by atoms with Gasteiger partial charge >= 0.3 is 5.97 Å². The van der Waals surface area contributed by atoms with Crippen molar-refractivity contribution in [2.24, 2.45) is 0 Å². The van der Waals surface area contributed by atoms with E-state index >= 15 is 0 Å². The fraction of sp³-hybridized carbons (Fsp3) is 0.417. The SMILES string of the molecule is COCC(C(=O)O)N(C)Cc1cccc(Cl)c1. The van der Waals surface area contributed by atoms with Crippen molar-refractivity contribution in [1.82, 2.24) is 4.90 Å². The molecule has 0 bridgehead atoms. The number of benzene rings is 1. The normalized spacial score (nSPS) is 12.7. The fourth-order valence-electron chi connectivity index (χ4n) is 1.58. The molecule has 1 atom stereocenters. The second-order valence-electron chi connectivity index (χ2n) is 3.85. The Labute approximate surface area is 106 Å². The molecule has 17 heavy (non-hydrogen) atoms. The maximum atomic E-state index is 11.0. The van der Waals surface area contributed by atoms with Gasteiger partial charge in [-0.25, -0.2) is 0 Å². The lowest BCUT2D eigenvalue weighted by atomic mass is 10.2. The summed E-state index contributed by atoms with van der Waals surface area (Å²) >= 11 is 5.87. The van der Waals surface area contributed by atoms with Gasteiger partial charge in [0, 0.05) is 18.7 Å². The highest BCUT2D eigenvalue weighted by molar-refractivity contribution is 6.30. The first-order valence-electron chi connectivity index (χ1n) is 5.21. The van der Waals surface area contributed by atoms with Crippen molar-refractivity contribution >= 4 is 17.6 Å². The lowest BCUT2D eigenvalue weighted by molar-refractivity contribution is -0.144. The van der Waals surface area contributed by atoms with Crippen molar-refractivity contribution in [2.45, 2.75) is 12.6 Å². The molecule has 0 aliphatic rings. The molecule has 5 heteroatoms. The number of halogens is 1. The summed E-state index contributed by atoms with van der Waals surface area (Å²) in [5, 5.41) is 9.71. The molecule has 0 heterocycles. The number of methoxy groups -OCH3 is 1. The first kappa shape index (κ1) is 14.0. The van der Waals surface area contributed by atoms with Crippen molar-refractivity contribution in [2.75, 3.05) is 20.8 Å². The molecular weight excluding hydrogens is 242 g/mol. The molecule has 0 radical (unpaired) electrons. The molecule has 1 unspecified atom stereocenters. The van der Waals surface area contributed by atoms with Gasteiger partial charge in [0.1, 0.15) is 6.04 Å². The molecule has 0 aliphatic heterocycles. The Bertz CT molecular complexity index is 384. The number of rotatable bonds is 6. The highest BCUT2D eigenvalue weighted by atomic mass is 35.5. The Morgan fingerprint density at radius 3 is 2.82 bits per heavy atom. The van der Waals surface area contributed by atoms with E-state index in [4.69, 9.17) is 21.4 Å². The minimum Gasteiger partial charge on any atom is -0.480 e. The predicted octanol–water partition coefficient (Wildman–Crippen LogP) is 1.87. The number of carboxylic acid groups (broad SMARTS) is 1. The van der Waals surface area contributed by atoms with Crippen LogP contribution >= 0.6 is 11.6 Å². The summed E-state index contributed by atoms with van der Waals surface area (Å²) in [6.07, 6.45) is 0. The third kappa shape index (κ3) is 4.34. The quantitative estimate of drug-likeness (QED) is 0.845. The molecule has 0 aliphatic carbocycles. The van der Waals surface area contributed by atoms with Crippen molar-refractivity contribution in [3.8, 4) is 0 Å². The number of carbonyl (C=O) groups is 1. The first-order valence-corrected chi connectivity index (χ1v) is 5.59. The van der Waals surface area contributed by atoms with E-state index in [1.807, 2.05) is 18.2 Å². The standard InChI is InChI=1S/C12H16ClNO3/c1-14(11(8-17-2)12(15)16)7-9-4-3-5-10(13)6-9/h3-6,11H,7-8H2,1-2H3,(H,15,16). The second kappa shape index (κ2) is 6.59. The average Bonchev–Trinajstić information content (AvgIpc) is 2.25. The summed E-state index contributed by atoms with van der Waals surface area (Å²) < 4.78 is 4.90. The molecular formula is C12H16ClNO3. The van der Waals surface area contributed by atoms with Gasteiger partial charge in [0.15, 0.2) is 0 Å². The van der Waals surface area contributed by atoms with Crippen LogP contribution in [0.4, 0.5) is 0 Å². The van der Waals surface area contributed by atoms with Crippen LogP contribution in [0.25, 0.3) is 0 Å². The third-order valence-corrected chi connectivity index (χ3v) is 2.70. The monoisotopic (exact) mass is 257 g/mol. The minimum atomic E-state index is -0.892. The molecule has 0 saturated carbocycles. The van der Waals surface area contributed by atoms with Crippen molar-refractivity contribution in [3.63, 3.8) is 0 Å². The number of carboxylic acids is 1. The van der Waals surface area contributed by atoms with Crippen LogP contribution in [0.15, 0.2) is 24.3 Å². The van der Waals surface area contributed by atoms with Crippen LogP contribution in [0.3, 0.4) is 0 Å². The maximum absolute atomic E-state index is 11.0. The smallest absolute Gasteiger partial charge is 0.323 e. The first-order chi connectivity index (χ1) is 8.04.